The Kier molecular flexibility index (Phi) is 7.14. The van der Waals surface area contributed by atoms with E-state index in [1.54, 1.807) is 6.07 Å². The summed E-state index contributed by atoms with van der Waals surface area (Å²) in [6.07, 6.45) is 0.834. The minimum absolute atomic E-state index is 0.554. The smallest absolute Gasteiger partial charge is 0.124 e. The SMILES string of the molecule is Cc1ccccc1COc1ccc2ccccc2c1CNCCc1ccc(Cl)cc1Cl. The molecule has 0 radical (unpaired) electrons. The van der Waals surface area contributed by atoms with Crippen LogP contribution in [0.1, 0.15) is 22.3 Å². The number of hydrogen-bond acceptors (Lipinski definition) is 2. The van der Waals surface area contributed by atoms with E-state index in [0.717, 1.165) is 30.8 Å². The normalized spacial score (nSPS) is 11.1. The highest BCUT2D eigenvalue weighted by atomic mass is 35.5. The lowest BCUT2D eigenvalue weighted by Gasteiger charge is -2.16. The van der Waals surface area contributed by atoms with Gasteiger partial charge in [-0.2, -0.15) is 0 Å². The molecular weight excluding hydrogens is 425 g/mol. The van der Waals surface area contributed by atoms with Crippen LogP contribution >= 0.6 is 23.2 Å². The first kappa shape index (κ1) is 21.7. The van der Waals surface area contributed by atoms with E-state index in [0.29, 0.717) is 16.7 Å². The van der Waals surface area contributed by atoms with Crippen LogP contribution in [-0.2, 0) is 19.6 Å². The van der Waals surface area contributed by atoms with Crippen molar-refractivity contribution in [2.45, 2.75) is 26.5 Å². The van der Waals surface area contributed by atoms with Crippen molar-refractivity contribution in [3.05, 3.63) is 111 Å². The molecule has 0 aliphatic rings. The number of hydrogen-bond donors (Lipinski definition) is 1. The molecule has 31 heavy (non-hydrogen) atoms. The first-order chi connectivity index (χ1) is 15.1. The third-order valence-corrected chi connectivity index (χ3v) is 6.12. The number of aryl methyl sites for hydroxylation is 1. The highest BCUT2D eigenvalue weighted by Gasteiger charge is 2.10. The van der Waals surface area contributed by atoms with Crippen LogP contribution in [0.2, 0.25) is 10.0 Å². The van der Waals surface area contributed by atoms with E-state index >= 15 is 0 Å². The zero-order chi connectivity index (χ0) is 21.6. The molecule has 2 nitrogen and oxygen atoms in total. The van der Waals surface area contributed by atoms with Gasteiger partial charge in [0.15, 0.2) is 0 Å². The molecule has 4 heteroatoms. The summed E-state index contributed by atoms with van der Waals surface area (Å²) in [5.74, 6) is 0.916. The minimum atomic E-state index is 0.554. The highest BCUT2D eigenvalue weighted by Crippen LogP contribution is 2.29. The van der Waals surface area contributed by atoms with Gasteiger partial charge < -0.3 is 10.1 Å². The van der Waals surface area contributed by atoms with Crippen LogP contribution in [0.4, 0.5) is 0 Å². The first-order valence-electron chi connectivity index (χ1n) is 10.4. The molecule has 4 aromatic carbocycles. The van der Waals surface area contributed by atoms with Crippen LogP contribution in [0.5, 0.6) is 5.75 Å². The Morgan fingerprint density at radius 2 is 1.65 bits per heavy atom. The molecule has 0 heterocycles. The summed E-state index contributed by atoms with van der Waals surface area (Å²) in [6, 6.07) is 26.6. The number of nitrogens with one attached hydrogen (secondary N) is 1. The maximum absolute atomic E-state index is 6.31. The van der Waals surface area contributed by atoms with Crippen molar-refractivity contribution in [1.29, 1.82) is 0 Å². The fourth-order valence-corrected chi connectivity index (χ4v) is 4.22. The first-order valence-corrected chi connectivity index (χ1v) is 11.2. The molecule has 4 aromatic rings. The summed E-state index contributed by atoms with van der Waals surface area (Å²) >= 11 is 12.3. The van der Waals surface area contributed by atoms with Gasteiger partial charge in [-0.1, -0.05) is 83.9 Å². The molecule has 0 saturated carbocycles. The van der Waals surface area contributed by atoms with Crippen LogP contribution in [0.25, 0.3) is 10.8 Å². The minimum Gasteiger partial charge on any atom is -0.489 e. The molecule has 0 unspecified atom stereocenters. The lowest BCUT2D eigenvalue weighted by molar-refractivity contribution is 0.302. The van der Waals surface area contributed by atoms with Crippen molar-refractivity contribution in [1.82, 2.24) is 5.32 Å². The molecule has 0 atom stereocenters. The lowest BCUT2D eigenvalue weighted by atomic mass is 10.0. The quantitative estimate of drug-likeness (QED) is 0.283. The van der Waals surface area contributed by atoms with E-state index in [1.807, 2.05) is 12.1 Å². The topological polar surface area (TPSA) is 21.3 Å². The number of benzene rings is 4. The Morgan fingerprint density at radius 1 is 0.839 bits per heavy atom. The molecule has 1 N–H and O–H groups in total. The van der Waals surface area contributed by atoms with Crippen molar-refractivity contribution in [3.63, 3.8) is 0 Å². The van der Waals surface area contributed by atoms with E-state index < -0.39 is 0 Å². The van der Waals surface area contributed by atoms with E-state index in [1.165, 1.54) is 27.5 Å². The molecule has 0 aromatic heterocycles. The van der Waals surface area contributed by atoms with Gasteiger partial charge in [0, 0.05) is 22.2 Å². The summed E-state index contributed by atoms with van der Waals surface area (Å²) in [4.78, 5) is 0. The zero-order valence-electron chi connectivity index (χ0n) is 17.5. The van der Waals surface area contributed by atoms with E-state index in [4.69, 9.17) is 27.9 Å². The second kappa shape index (κ2) is 10.2. The molecule has 158 valence electrons. The number of ether oxygens (including phenoxy) is 1. The summed E-state index contributed by atoms with van der Waals surface area (Å²) in [5.41, 5.74) is 4.70. The van der Waals surface area contributed by atoms with E-state index in [9.17, 15) is 0 Å². The van der Waals surface area contributed by atoms with Gasteiger partial charge in [0.05, 0.1) is 0 Å². The average Bonchev–Trinajstić information content (AvgIpc) is 2.78. The summed E-state index contributed by atoms with van der Waals surface area (Å²) in [5, 5.41) is 7.35. The molecule has 0 fully saturated rings. The highest BCUT2D eigenvalue weighted by molar-refractivity contribution is 6.35. The lowest BCUT2D eigenvalue weighted by Crippen LogP contribution is -2.18. The molecule has 4 rings (SSSR count). The largest absolute Gasteiger partial charge is 0.489 e. The van der Waals surface area contributed by atoms with Gasteiger partial charge in [0.25, 0.3) is 0 Å². The Morgan fingerprint density at radius 3 is 2.48 bits per heavy atom. The third kappa shape index (κ3) is 5.40. The van der Waals surface area contributed by atoms with Gasteiger partial charge in [-0.05, 0) is 65.6 Å². The fourth-order valence-electron chi connectivity index (χ4n) is 3.72. The molecule has 0 aliphatic carbocycles. The van der Waals surface area contributed by atoms with Gasteiger partial charge in [0.1, 0.15) is 12.4 Å². The van der Waals surface area contributed by atoms with Gasteiger partial charge in [0.2, 0.25) is 0 Å². The van der Waals surface area contributed by atoms with Crippen LogP contribution in [0, 0.1) is 6.92 Å². The Labute approximate surface area is 193 Å². The fraction of sp³-hybridized carbons (Fsp3) is 0.185. The van der Waals surface area contributed by atoms with Crippen molar-refractivity contribution >= 4 is 34.0 Å². The zero-order valence-corrected chi connectivity index (χ0v) is 19.0. The molecule has 0 bridgehead atoms. The predicted molar refractivity (Wildman–Crippen MR) is 131 cm³/mol. The number of rotatable bonds is 8. The van der Waals surface area contributed by atoms with Crippen LogP contribution < -0.4 is 10.1 Å². The Balaban J connectivity index is 1.49. The van der Waals surface area contributed by atoms with Crippen molar-refractivity contribution < 1.29 is 4.74 Å². The molecular formula is C27H25Cl2NO. The average molecular weight is 450 g/mol. The summed E-state index contributed by atoms with van der Waals surface area (Å²) in [6.45, 7) is 4.19. The molecule has 0 aliphatic heterocycles. The van der Waals surface area contributed by atoms with Crippen molar-refractivity contribution in [3.8, 4) is 5.75 Å². The van der Waals surface area contributed by atoms with Crippen molar-refractivity contribution in [2.24, 2.45) is 0 Å². The number of halogens is 2. The van der Waals surface area contributed by atoms with Gasteiger partial charge in [-0.25, -0.2) is 0 Å². The molecule has 0 saturated heterocycles. The summed E-state index contributed by atoms with van der Waals surface area (Å²) in [7, 11) is 0. The maximum Gasteiger partial charge on any atom is 0.124 e. The van der Waals surface area contributed by atoms with Crippen molar-refractivity contribution in [2.75, 3.05) is 6.54 Å². The Hall–Kier alpha value is -2.52. The second-order valence-electron chi connectivity index (χ2n) is 7.64. The maximum atomic E-state index is 6.31. The van der Waals surface area contributed by atoms with Crippen LogP contribution in [0.15, 0.2) is 78.9 Å². The molecule has 0 spiro atoms. The second-order valence-corrected chi connectivity index (χ2v) is 8.48. The predicted octanol–water partition coefficient (Wildman–Crippen LogP) is 7.37. The van der Waals surface area contributed by atoms with Gasteiger partial charge in [-0.3, -0.25) is 0 Å². The van der Waals surface area contributed by atoms with Gasteiger partial charge in [-0.15, -0.1) is 0 Å². The molecule has 0 amide bonds. The third-order valence-electron chi connectivity index (χ3n) is 5.53. The monoisotopic (exact) mass is 449 g/mol. The Bertz CT molecular complexity index is 1190. The van der Waals surface area contributed by atoms with Crippen LogP contribution in [-0.4, -0.2) is 6.54 Å². The summed E-state index contributed by atoms with van der Waals surface area (Å²) < 4.78 is 6.28. The van der Waals surface area contributed by atoms with E-state index in [2.05, 4.69) is 72.9 Å². The van der Waals surface area contributed by atoms with Gasteiger partial charge >= 0.3 is 0 Å². The van der Waals surface area contributed by atoms with Crippen LogP contribution in [0.3, 0.4) is 0 Å². The standard InChI is InChI=1S/C27H25Cl2NO/c1-19-6-2-3-8-22(19)18-31-27-13-11-20-7-4-5-9-24(20)25(27)17-30-15-14-21-10-12-23(28)16-26(21)29/h2-13,16,30H,14-15,17-18H2,1H3. The van der Waals surface area contributed by atoms with E-state index in [-0.39, 0.29) is 0 Å². The number of fused-ring (bicyclic) bond motifs is 1.